The van der Waals surface area contributed by atoms with E-state index in [2.05, 4.69) is 25.9 Å². The molecule has 0 aliphatic heterocycles. The maximum Gasteiger partial charge on any atom is 0.335 e. The fourth-order valence-electron chi connectivity index (χ4n) is 3.02. The molecule has 0 spiro atoms. The van der Waals surface area contributed by atoms with Crippen molar-refractivity contribution >= 4 is 11.9 Å². The van der Waals surface area contributed by atoms with Crippen molar-refractivity contribution in [2.75, 3.05) is 14.1 Å². The summed E-state index contributed by atoms with van der Waals surface area (Å²) in [5.41, 5.74) is 0. The van der Waals surface area contributed by atoms with E-state index in [0.29, 0.717) is 0 Å². The van der Waals surface area contributed by atoms with Crippen LogP contribution in [0.1, 0.15) is 64.7 Å². The molecule has 2 aliphatic rings. The van der Waals surface area contributed by atoms with Crippen molar-refractivity contribution in [3.05, 3.63) is 0 Å². The second kappa shape index (κ2) is 15.4. The molecule has 0 aromatic rings. The maximum absolute atomic E-state index is 9.77. The Balaban J connectivity index is 0. The normalized spacial score (nSPS) is 19.9. The maximum atomic E-state index is 9.77. The van der Waals surface area contributed by atoms with E-state index in [1.807, 2.05) is 0 Å². The van der Waals surface area contributed by atoms with Crippen LogP contribution < -0.4 is 0 Å². The molecule has 156 valence electrons. The second-order valence-corrected chi connectivity index (χ2v) is 7.08. The first-order valence-corrected chi connectivity index (χ1v) is 9.16. The molecule has 0 radical (unpaired) electrons. The summed E-state index contributed by atoms with van der Waals surface area (Å²) >= 11 is 0. The number of aliphatic hydroxyl groups is 2. The van der Waals surface area contributed by atoms with Gasteiger partial charge in [0.05, 0.1) is 0 Å². The Bertz CT molecular complexity index is 358. The largest absolute Gasteiger partial charge is 0.479 e. The summed E-state index contributed by atoms with van der Waals surface area (Å²) in [6, 6.07) is 0.794. The van der Waals surface area contributed by atoms with E-state index >= 15 is 0 Å². The molecule has 0 aromatic heterocycles. The summed E-state index contributed by atoms with van der Waals surface area (Å²) < 4.78 is 0. The van der Waals surface area contributed by atoms with Crippen molar-refractivity contribution in [1.82, 2.24) is 4.90 Å². The van der Waals surface area contributed by atoms with Crippen molar-refractivity contribution in [1.29, 1.82) is 0 Å². The average Bonchev–Trinajstić information content (AvgIpc) is 3.28. The van der Waals surface area contributed by atoms with Gasteiger partial charge in [0.15, 0.2) is 12.2 Å². The molecule has 2 rings (SSSR count). The number of carbonyl (C=O) groups is 2. The Kier molecular flexibility index (Phi) is 16.3. The molecular weight excluding hydrogens is 382 g/mol. The van der Waals surface area contributed by atoms with Gasteiger partial charge in [0.1, 0.15) is 0 Å². The first-order valence-electron chi connectivity index (χ1n) is 9.16. The third-order valence-electron chi connectivity index (χ3n) is 4.95. The minimum atomic E-state index is -2.27. The molecule has 3 atom stereocenters. The zero-order valence-corrected chi connectivity index (χ0v) is 17.2. The monoisotopic (exact) mass is 417 g/mol. The van der Waals surface area contributed by atoms with Crippen molar-refractivity contribution in [3.63, 3.8) is 0 Å². The van der Waals surface area contributed by atoms with Crippen LogP contribution in [0.3, 0.4) is 0 Å². The minimum Gasteiger partial charge on any atom is -0.479 e. The van der Waals surface area contributed by atoms with Gasteiger partial charge in [-0.3, -0.25) is 0 Å². The Hall–Kier alpha value is -0.661. The van der Waals surface area contributed by atoms with Gasteiger partial charge in [-0.05, 0) is 39.8 Å². The standard InChI is InChI=1S/C9H19N.C5H10.C4H6O6.Fe/c1-8(10(2)3)9-6-4-5-7-9;1-2-4-5-3-1;5-1(3(7)8)2(6)4(9)10;/h8-9H,4-7H2,1-3H3;1-5H2;1-2,5-6H,(H,7,8)(H,9,10);. The van der Waals surface area contributed by atoms with Gasteiger partial charge in [0.2, 0.25) is 0 Å². The van der Waals surface area contributed by atoms with E-state index in [1.165, 1.54) is 57.8 Å². The van der Waals surface area contributed by atoms with E-state index in [-0.39, 0.29) is 17.1 Å². The predicted octanol–water partition coefficient (Wildman–Crippen LogP) is 1.95. The van der Waals surface area contributed by atoms with Gasteiger partial charge in [-0.15, -0.1) is 0 Å². The molecule has 3 unspecified atom stereocenters. The van der Waals surface area contributed by atoms with Gasteiger partial charge in [-0.25, -0.2) is 9.59 Å². The molecule has 7 nitrogen and oxygen atoms in total. The Morgan fingerprint density at radius 2 is 1.12 bits per heavy atom. The summed E-state index contributed by atoms with van der Waals surface area (Å²) in [5.74, 6) is -2.56. The van der Waals surface area contributed by atoms with Crippen molar-refractivity contribution in [2.45, 2.75) is 83.0 Å². The molecule has 2 aliphatic carbocycles. The van der Waals surface area contributed by atoms with Crippen LogP contribution in [0.5, 0.6) is 0 Å². The Labute approximate surface area is 167 Å². The predicted molar refractivity (Wildman–Crippen MR) is 95.5 cm³/mol. The Morgan fingerprint density at radius 1 is 0.808 bits per heavy atom. The van der Waals surface area contributed by atoms with Crippen LogP contribution >= 0.6 is 0 Å². The molecule has 4 N–H and O–H groups in total. The first-order chi connectivity index (χ1) is 11.7. The number of rotatable bonds is 5. The van der Waals surface area contributed by atoms with Crippen LogP contribution in [0, 0.1) is 5.92 Å². The summed E-state index contributed by atoms with van der Waals surface area (Å²) in [4.78, 5) is 21.9. The number of carboxylic acids is 2. The molecule has 8 heteroatoms. The molecule has 0 heterocycles. The van der Waals surface area contributed by atoms with Crippen molar-refractivity contribution < 1.29 is 47.1 Å². The quantitative estimate of drug-likeness (QED) is 0.505. The smallest absolute Gasteiger partial charge is 0.335 e. The molecule has 2 saturated carbocycles. The summed E-state index contributed by atoms with van der Waals surface area (Å²) in [6.07, 6.45) is 8.81. The van der Waals surface area contributed by atoms with Crippen molar-refractivity contribution in [3.8, 4) is 0 Å². The third-order valence-corrected chi connectivity index (χ3v) is 4.95. The molecule has 0 bridgehead atoms. The molecule has 26 heavy (non-hydrogen) atoms. The number of hydrogen-bond donors (Lipinski definition) is 4. The third kappa shape index (κ3) is 11.9. The number of aliphatic hydroxyl groups excluding tert-OH is 2. The average molecular weight is 417 g/mol. The van der Waals surface area contributed by atoms with Crippen LogP contribution in [-0.2, 0) is 26.7 Å². The Morgan fingerprint density at radius 3 is 1.35 bits per heavy atom. The number of nitrogens with zero attached hydrogens (tertiary/aromatic N) is 1. The SMILES string of the molecule is C1CCCC1.CC(C1CCCC1)N(C)C.O=C(O)C(O)C(O)C(=O)O.[Fe]. The number of aliphatic carboxylic acids is 2. The van der Waals surface area contributed by atoms with Gasteiger partial charge in [0.25, 0.3) is 0 Å². The summed E-state index contributed by atoms with van der Waals surface area (Å²) in [5, 5.41) is 32.5. The molecule has 2 fully saturated rings. The van der Waals surface area contributed by atoms with Gasteiger partial charge in [-0.2, -0.15) is 0 Å². The minimum absolute atomic E-state index is 0. The van der Waals surface area contributed by atoms with Crippen molar-refractivity contribution in [2.24, 2.45) is 5.92 Å². The zero-order chi connectivity index (χ0) is 19.4. The van der Waals surface area contributed by atoms with Crippen LogP contribution in [0.25, 0.3) is 0 Å². The van der Waals surface area contributed by atoms with Crippen LogP contribution in [0.2, 0.25) is 0 Å². The summed E-state index contributed by atoms with van der Waals surface area (Å²) in [6.45, 7) is 2.34. The fourth-order valence-corrected chi connectivity index (χ4v) is 3.02. The second-order valence-electron chi connectivity index (χ2n) is 7.08. The van der Waals surface area contributed by atoms with E-state index in [4.69, 9.17) is 20.4 Å². The van der Waals surface area contributed by atoms with Gasteiger partial charge in [-0.1, -0.05) is 44.9 Å². The fraction of sp³-hybridized carbons (Fsp3) is 0.889. The molecule has 0 saturated heterocycles. The summed E-state index contributed by atoms with van der Waals surface area (Å²) in [7, 11) is 4.37. The van der Waals surface area contributed by atoms with E-state index in [9.17, 15) is 9.59 Å². The van der Waals surface area contributed by atoms with E-state index < -0.39 is 24.1 Å². The molecular formula is C18H35FeNO6. The van der Waals surface area contributed by atoms with Crippen LogP contribution in [-0.4, -0.2) is 69.6 Å². The first kappa shape index (κ1) is 27.6. The van der Waals surface area contributed by atoms with Gasteiger partial charge in [0, 0.05) is 23.1 Å². The number of hydrogen-bond acceptors (Lipinski definition) is 5. The molecule has 0 aromatic carbocycles. The van der Waals surface area contributed by atoms with Crippen LogP contribution in [0.4, 0.5) is 0 Å². The zero-order valence-electron chi connectivity index (χ0n) is 16.1. The topological polar surface area (TPSA) is 118 Å². The molecule has 0 amide bonds. The van der Waals surface area contributed by atoms with Gasteiger partial charge >= 0.3 is 11.9 Å². The van der Waals surface area contributed by atoms with E-state index in [0.717, 1.165) is 12.0 Å². The van der Waals surface area contributed by atoms with Crippen LogP contribution in [0.15, 0.2) is 0 Å². The van der Waals surface area contributed by atoms with E-state index in [1.54, 1.807) is 0 Å². The van der Waals surface area contributed by atoms with Gasteiger partial charge < -0.3 is 25.3 Å². The number of carboxylic acid groups (broad SMARTS) is 2.